The summed E-state index contributed by atoms with van der Waals surface area (Å²) in [7, 11) is 0. The highest BCUT2D eigenvalue weighted by Crippen LogP contribution is 2.37. The average Bonchev–Trinajstić information content (AvgIpc) is 2.92. The minimum Gasteiger partial charge on any atom is -0.489 e. The molecule has 0 amide bonds. The number of rotatable bonds is 4. The van der Waals surface area contributed by atoms with E-state index in [2.05, 4.69) is 34.1 Å². The lowest BCUT2D eigenvalue weighted by Crippen LogP contribution is -2.25. The van der Waals surface area contributed by atoms with Crippen molar-refractivity contribution in [2.75, 3.05) is 0 Å². The zero-order valence-corrected chi connectivity index (χ0v) is 11.5. The van der Waals surface area contributed by atoms with Crippen molar-refractivity contribution in [3.8, 4) is 5.75 Å². The molecule has 0 radical (unpaired) electrons. The van der Waals surface area contributed by atoms with E-state index < -0.39 is 0 Å². The largest absolute Gasteiger partial charge is 0.489 e. The Bertz CT molecular complexity index is 424. The molecule has 2 N–H and O–H groups in total. The molecule has 2 aliphatic rings. The lowest BCUT2D eigenvalue weighted by atomic mass is 9.96. The Hall–Kier alpha value is -0.540. The van der Waals surface area contributed by atoms with Crippen molar-refractivity contribution in [2.45, 2.75) is 50.2 Å². The topological polar surface area (TPSA) is 35.2 Å². The van der Waals surface area contributed by atoms with E-state index in [1.54, 1.807) is 0 Å². The monoisotopic (exact) mass is 295 g/mol. The Morgan fingerprint density at radius 2 is 2.12 bits per heavy atom. The molecule has 0 unspecified atom stereocenters. The third-order valence-electron chi connectivity index (χ3n) is 3.79. The maximum atomic E-state index is 6.13. The summed E-state index contributed by atoms with van der Waals surface area (Å²) in [6.07, 6.45) is 7.42. The van der Waals surface area contributed by atoms with Gasteiger partial charge in [-0.3, -0.25) is 0 Å². The Morgan fingerprint density at radius 1 is 1.35 bits per heavy atom. The van der Waals surface area contributed by atoms with Gasteiger partial charge in [0, 0.05) is 5.54 Å². The lowest BCUT2D eigenvalue weighted by Gasteiger charge is -2.27. The predicted octanol–water partition coefficient (Wildman–Crippen LogP) is 3.41. The molecule has 1 aromatic carbocycles. The van der Waals surface area contributed by atoms with E-state index in [0.717, 1.165) is 29.5 Å². The molecule has 92 valence electrons. The van der Waals surface area contributed by atoms with Crippen LogP contribution in [-0.4, -0.2) is 11.6 Å². The van der Waals surface area contributed by atoms with E-state index in [1.165, 1.54) is 24.8 Å². The fraction of sp³-hybridized carbons (Fsp3) is 0.571. The maximum absolute atomic E-state index is 6.13. The van der Waals surface area contributed by atoms with E-state index in [1.807, 2.05) is 0 Å². The molecule has 0 bridgehead atoms. The molecule has 0 aromatic heterocycles. The first-order valence-corrected chi connectivity index (χ1v) is 7.18. The smallest absolute Gasteiger partial charge is 0.133 e. The second-order valence-corrected chi connectivity index (χ2v) is 6.33. The molecule has 2 fully saturated rings. The number of ether oxygens (including phenoxy) is 1. The van der Waals surface area contributed by atoms with E-state index in [9.17, 15) is 0 Å². The quantitative estimate of drug-likeness (QED) is 0.924. The van der Waals surface area contributed by atoms with Gasteiger partial charge in [-0.15, -0.1) is 0 Å². The fourth-order valence-electron chi connectivity index (χ4n) is 2.16. The maximum Gasteiger partial charge on any atom is 0.133 e. The van der Waals surface area contributed by atoms with Gasteiger partial charge in [0.2, 0.25) is 0 Å². The van der Waals surface area contributed by atoms with Crippen LogP contribution >= 0.6 is 15.9 Å². The fourth-order valence-corrected chi connectivity index (χ4v) is 2.68. The van der Waals surface area contributed by atoms with Gasteiger partial charge in [0.05, 0.1) is 10.6 Å². The van der Waals surface area contributed by atoms with Crippen LogP contribution in [0.5, 0.6) is 5.75 Å². The van der Waals surface area contributed by atoms with Crippen LogP contribution in [0.2, 0.25) is 0 Å². The minimum absolute atomic E-state index is 0.0792. The highest BCUT2D eigenvalue weighted by molar-refractivity contribution is 9.10. The number of nitrogens with two attached hydrogens (primary N) is 1. The first-order chi connectivity index (χ1) is 8.15. The van der Waals surface area contributed by atoms with Crippen LogP contribution in [0.15, 0.2) is 22.7 Å². The number of benzene rings is 1. The normalized spacial score (nSPS) is 22.0. The Kier molecular flexibility index (Phi) is 2.91. The lowest BCUT2D eigenvalue weighted by molar-refractivity contribution is 0.119. The summed E-state index contributed by atoms with van der Waals surface area (Å²) in [5.74, 6) is 0.973. The molecular formula is C14H18BrNO. The molecule has 2 saturated carbocycles. The van der Waals surface area contributed by atoms with Crippen LogP contribution in [-0.2, 0) is 6.42 Å². The Balaban J connectivity index is 1.69. The van der Waals surface area contributed by atoms with Crippen molar-refractivity contribution in [3.63, 3.8) is 0 Å². The SMILES string of the molecule is NC1(Cc2ccc(OC3CCC3)c(Br)c2)CC1. The second-order valence-electron chi connectivity index (χ2n) is 5.47. The molecule has 0 spiro atoms. The summed E-state index contributed by atoms with van der Waals surface area (Å²) in [4.78, 5) is 0. The molecule has 0 heterocycles. The average molecular weight is 296 g/mol. The van der Waals surface area contributed by atoms with Gasteiger partial charge >= 0.3 is 0 Å². The molecule has 0 atom stereocenters. The zero-order chi connectivity index (χ0) is 11.9. The molecule has 2 aliphatic carbocycles. The minimum atomic E-state index is 0.0792. The molecule has 3 rings (SSSR count). The van der Waals surface area contributed by atoms with Crippen LogP contribution in [0.3, 0.4) is 0 Å². The Labute approximate surface area is 111 Å². The number of halogens is 1. The van der Waals surface area contributed by atoms with Gasteiger partial charge in [0.25, 0.3) is 0 Å². The van der Waals surface area contributed by atoms with Gasteiger partial charge in [-0.2, -0.15) is 0 Å². The molecule has 0 aliphatic heterocycles. The first-order valence-electron chi connectivity index (χ1n) is 6.39. The molecule has 3 heteroatoms. The number of hydrogen-bond acceptors (Lipinski definition) is 2. The van der Waals surface area contributed by atoms with Crippen LogP contribution < -0.4 is 10.5 Å². The molecular weight excluding hydrogens is 278 g/mol. The highest BCUT2D eigenvalue weighted by Gasteiger charge is 2.38. The zero-order valence-electron chi connectivity index (χ0n) is 9.92. The summed E-state index contributed by atoms with van der Waals surface area (Å²) in [5.41, 5.74) is 7.51. The van der Waals surface area contributed by atoms with Crippen molar-refractivity contribution in [1.29, 1.82) is 0 Å². The summed E-state index contributed by atoms with van der Waals surface area (Å²) >= 11 is 3.59. The van der Waals surface area contributed by atoms with E-state index in [4.69, 9.17) is 10.5 Å². The predicted molar refractivity (Wildman–Crippen MR) is 72.3 cm³/mol. The van der Waals surface area contributed by atoms with Crippen molar-refractivity contribution < 1.29 is 4.74 Å². The van der Waals surface area contributed by atoms with Crippen molar-refractivity contribution >= 4 is 15.9 Å². The summed E-state index contributed by atoms with van der Waals surface area (Å²) < 4.78 is 6.96. The van der Waals surface area contributed by atoms with Gasteiger partial charge in [0.1, 0.15) is 5.75 Å². The third-order valence-corrected chi connectivity index (χ3v) is 4.41. The summed E-state index contributed by atoms with van der Waals surface area (Å²) in [5, 5.41) is 0. The van der Waals surface area contributed by atoms with Crippen LogP contribution in [0.4, 0.5) is 0 Å². The Morgan fingerprint density at radius 3 is 2.65 bits per heavy atom. The number of hydrogen-bond donors (Lipinski definition) is 1. The standard InChI is InChI=1S/C14H18BrNO/c15-12-8-10(9-14(16)6-7-14)4-5-13(12)17-11-2-1-3-11/h4-5,8,11H,1-3,6-7,9,16H2. The third kappa shape index (κ3) is 2.66. The van der Waals surface area contributed by atoms with Gasteiger partial charge in [-0.25, -0.2) is 0 Å². The molecule has 1 aromatic rings. The molecule has 17 heavy (non-hydrogen) atoms. The second kappa shape index (κ2) is 4.29. The summed E-state index contributed by atoms with van der Waals surface area (Å²) in [6, 6.07) is 6.37. The van der Waals surface area contributed by atoms with Crippen molar-refractivity contribution in [3.05, 3.63) is 28.2 Å². The van der Waals surface area contributed by atoms with E-state index in [0.29, 0.717) is 6.10 Å². The van der Waals surface area contributed by atoms with Crippen LogP contribution in [0, 0.1) is 0 Å². The van der Waals surface area contributed by atoms with E-state index >= 15 is 0 Å². The first kappa shape index (κ1) is 11.5. The van der Waals surface area contributed by atoms with Gasteiger partial charge in [0.15, 0.2) is 0 Å². The van der Waals surface area contributed by atoms with Crippen LogP contribution in [0.1, 0.15) is 37.7 Å². The van der Waals surface area contributed by atoms with Crippen LogP contribution in [0.25, 0.3) is 0 Å². The van der Waals surface area contributed by atoms with Gasteiger partial charge < -0.3 is 10.5 Å². The van der Waals surface area contributed by atoms with Crippen molar-refractivity contribution in [1.82, 2.24) is 0 Å². The van der Waals surface area contributed by atoms with E-state index in [-0.39, 0.29) is 5.54 Å². The molecule has 0 saturated heterocycles. The highest BCUT2D eigenvalue weighted by atomic mass is 79.9. The van der Waals surface area contributed by atoms with Gasteiger partial charge in [-0.1, -0.05) is 6.07 Å². The molecule has 2 nitrogen and oxygen atoms in total. The van der Waals surface area contributed by atoms with Crippen molar-refractivity contribution in [2.24, 2.45) is 5.73 Å². The van der Waals surface area contributed by atoms with Gasteiger partial charge in [-0.05, 0) is 72.2 Å². The summed E-state index contributed by atoms with van der Waals surface area (Å²) in [6.45, 7) is 0.